The maximum atomic E-state index is 8.01. The SMILES string of the molecule is CC(C)SSC#N. The van der Waals surface area contributed by atoms with Gasteiger partial charge in [0.1, 0.15) is 5.40 Å². The van der Waals surface area contributed by atoms with Gasteiger partial charge in [0.2, 0.25) is 0 Å². The number of hydrogen-bond donors (Lipinski definition) is 0. The quantitative estimate of drug-likeness (QED) is 0.426. The van der Waals surface area contributed by atoms with Crippen molar-refractivity contribution in [2.75, 3.05) is 0 Å². The lowest BCUT2D eigenvalue weighted by molar-refractivity contribution is 1.12. The van der Waals surface area contributed by atoms with Crippen LogP contribution >= 0.6 is 21.6 Å². The molecule has 0 radical (unpaired) electrons. The Labute approximate surface area is 51.9 Å². The van der Waals surface area contributed by atoms with Crippen molar-refractivity contribution in [2.24, 2.45) is 0 Å². The molecule has 0 N–H and O–H groups in total. The van der Waals surface area contributed by atoms with E-state index in [1.807, 2.05) is 5.40 Å². The summed E-state index contributed by atoms with van der Waals surface area (Å²) in [6.07, 6.45) is 0. The molecule has 0 saturated heterocycles. The van der Waals surface area contributed by atoms with Crippen LogP contribution in [0.5, 0.6) is 0 Å². The predicted molar refractivity (Wildman–Crippen MR) is 35.9 cm³/mol. The molecule has 40 valence electrons. The Kier molecular flexibility index (Phi) is 4.47. The van der Waals surface area contributed by atoms with Crippen LogP contribution in [-0.4, -0.2) is 5.25 Å². The maximum absolute atomic E-state index is 8.01. The Morgan fingerprint density at radius 2 is 2.14 bits per heavy atom. The van der Waals surface area contributed by atoms with Crippen LogP contribution in [0.15, 0.2) is 0 Å². The van der Waals surface area contributed by atoms with Crippen molar-refractivity contribution in [1.82, 2.24) is 0 Å². The molecule has 0 heterocycles. The number of hydrogen-bond acceptors (Lipinski definition) is 3. The van der Waals surface area contributed by atoms with Gasteiger partial charge in [-0.3, -0.25) is 0 Å². The number of rotatable bonds is 2. The topological polar surface area (TPSA) is 23.8 Å². The van der Waals surface area contributed by atoms with Gasteiger partial charge in [-0.05, 0) is 0 Å². The second kappa shape index (κ2) is 4.35. The molecule has 0 aliphatic heterocycles. The minimum Gasteiger partial charge on any atom is -0.184 e. The number of nitriles is 1. The summed E-state index contributed by atoms with van der Waals surface area (Å²) in [5.41, 5.74) is 0. The summed E-state index contributed by atoms with van der Waals surface area (Å²) >= 11 is 0. The van der Waals surface area contributed by atoms with Gasteiger partial charge in [-0.1, -0.05) is 24.6 Å². The minimum atomic E-state index is 0.560. The third kappa shape index (κ3) is 6.19. The van der Waals surface area contributed by atoms with Crippen molar-refractivity contribution >= 4 is 21.6 Å². The van der Waals surface area contributed by atoms with Gasteiger partial charge >= 0.3 is 0 Å². The normalized spacial score (nSPS) is 8.86. The average molecular weight is 133 g/mol. The van der Waals surface area contributed by atoms with E-state index in [-0.39, 0.29) is 0 Å². The molecule has 0 spiro atoms. The highest BCUT2D eigenvalue weighted by Crippen LogP contribution is 2.23. The molecule has 7 heavy (non-hydrogen) atoms. The van der Waals surface area contributed by atoms with Gasteiger partial charge in [0.05, 0.1) is 0 Å². The van der Waals surface area contributed by atoms with E-state index >= 15 is 0 Å². The van der Waals surface area contributed by atoms with Crippen LogP contribution in [-0.2, 0) is 0 Å². The Hall–Kier alpha value is 0.190. The number of thiocyanates is 1. The fourth-order valence-corrected chi connectivity index (χ4v) is 1.06. The molecule has 0 aromatic rings. The summed E-state index contributed by atoms with van der Waals surface area (Å²) in [6.45, 7) is 4.13. The van der Waals surface area contributed by atoms with Gasteiger partial charge in [-0.15, -0.1) is 0 Å². The first-order chi connectivity index (χ1) is 3.27. The molecule has 0 aliphatic carbocycles. The van der Waals surface area contributed by atoms with Crippen LogP contribution in [0.2, 0.25) is 0 Å². The Morgan fingerprint density at radius 1 is 1.57 bits per heavy atom. The molecule has 0 saturated carbocycles. The van der Waals surface area contributed by atoms with Gasteiger partial charge in [0.15, 0.2) is 0 Å². The highest BCUT2D eigenvalue weighted by Gasteiger charge is 1.90. The van der Waals surface area contributed by atoms with Crippen LogP contribution in [0, 0.1) is 10.7 Å². The summed E-state index contributed by atoms with van der Waals surface area (Å²) in [5.74, 6) is 0. The molecule has 1 nitrogen and oxygen atoms in total. The molecular formula is C4H7NS2. The molecule has 0 aromatic heterocycles. The summed E-state index contributed by atoms with van der Waals surface area (Å²) in [6, 6.07) is 0. The maximum Gasteiger partial charge on any atom is 0.144 e. The van der Waals surface area contributed by atoms with E-state index in [0.717, 1.165) is 0 Å². The first kappa shape index (κ1) is 7.19. The van der Waals surface area contributed by atoms with E-state index in [2.05, 4.69) is 13.8 Å². The van der Waals surface area contributed by atoms with Crippen LogP contribution in [0.1, 0.15) is 13.8 Å². The third-order valence-corrected chi connectivity index (χ3v) is 2.50. The van der Waals surface area contributed by atoms with Gasteiger partial charge in [-0.2, -0.15) is 5.26 Å². The minimum absolute atomic E-state index is 0.560. The summed E-state index contributed by atoms with van der Waals surface area (Å²) < 4.78 is 0. The van der Waals surface area contributed by atoms with Crippen molar-refractivity contribution in [3.05, 3.63) is 0 Å². The highest BCUT2D eigenvalue weighted by atomic mass is 33.1. The number of nitrogens with zero attached hydrogens (tertiary/aromatic N) is 1. The van der Waals surface area contributed by atoms with Crippen LogP contribution in [0.3, 0.4) is 0 Å². The Bertz CT molecular complexity index is 74.2. The Morgan fingerprint density at radius 3 is 2.29 bits per heavy atom. The molecule has 0 aliphatic rings. The molecule has 0 atom stereocenters. The lowest BCUT2D eigenvalue weighted by Crippen LogP contribution is -1.78. The standard InChI is InChI=1S/C4H7NS2/c1-4(2)7-6-3-5/h4H,1-2H3. The summed E-state index contributed by atoms with van der Waals surface area (Å²) in [4.78, 5) is 0. The van der Waals surface area contributed by atoms with E-state index in [4.69, 9.17) is 5.26 Å². The van der Waals surface area contributed by atoms with E-state index in [1.54, 1.807) is 10.8 Å². The molecule has 0 aromatic carbocycles. The molecule has 0 fully saturated rings. The second-order valence-electron chi connectivity index (χ2n) is 1.32. The second-order valence-corrected chi connectivity index (χ2v) is 3.88. The summed E-state index contributed by atoms with van der Waals surface area (Å²) in [5, 5.41) is 10.5. The van der Waals surface area contributed by atoms with Crippen molar-refractivity contribution in [3.8, 4) is 5.40 Å². The first-order valence-electron chi connectivity index (χ1n) is 1.98. The monoisotopic (exact) mass is 133 g/mol. The van der Waals surface area contributed by atoms with Crippen LogP contribution < -0.4 is 0 Å². The zero-order valence-electron chi connectivity index (χ0n) is 4.34. The van der Waals surface area contributed by atoms with Gasteiger partial charge in [-0.25, -0.2) is 0 Å². The molecule has 3 heteroatoms. The van der Waals surface area contributed by atoms with Gasteiger partial charge < -0.3 is 0 Å². The molecule has 0 rings (SSSR count). The Balaban J connectivity index is 2.86. The fraction of sp³-hybridized carbons (Fsp3) is 0.750. The summed E-state index contributed by atoms with van der Waals surface area (Å²) in [7, 11) is 2.83. The predicted octanol–water partition coefficient (Wildman–Crippen LogP) is 2.26. The lowest BCUT2D eigenvalue weighted by Gasteiger charge is -1.93. The average Bonchev–Trinajstić information content (AvgIpc) is 1.61. The van der Waals surface area contributed by atoms with Crippen molar-refractivity contribution in [2.45, 2.75) is 19.1 Å². The van der Waals surface area contributed by atoms with Crippen LogP contribution in [0.25, 0.3) is 0 Å². The van der Waals surface area contributed by atoms with Crippen LogP contribution in [0.4, 0.5) is 0 Å². The van der Waals surface area contributed by atoms with E-state index < -0.39 is 0 Å². The van der Waals surface area contributed by atoms with E-state index in [0.29, 0.717) is 5.25 Å². The molecule has 0 amide bonds. The third-order valence-electron chi connectivity index (χ3n) is 0.278. The van der Waals surface area contributed by atoms with E-state index in [1.165, 1.54) is 10.8 Å². The lowest BCUT2D eigenvalue weighted by atomic mass is 10.6. The van der Waals surface area contributed by atoms with Gasteiger partial charge in [0, 0.05) is 16.0 Å². The highest BCUT2D eigenvalue weighted by molar-refractivity contribution is 8.78. The zero-order valence-corrected chi connectivity index (χ0v) is 5.97. The largest absolute Gasteiger partial charge is 0.184 e. The fourth-order valence-electron chi connectivity index (χ4n) is 0.118. The van der Waals surface area contributed by atoms with Crippen molar-refractivity contribution in [1.29, 1.82) is 5.26 Å². The molecule has 0 unspecified atom stereocenters. The zero-order chi connectivity index (χ0) is 5.70. The van der Waals surface area contributed by atoms with E-state index in [9.17, 15) is 0 Å². The smallest absolute Gasteiger partial charge is 0.144 e. The van der Waals surface area contributed by atoms with Gasteiger partial charge in [0.25, 0.3) is 0 Å². The van der Waals surface area contributed by atoms with Crippen molar-refractivity contribution in [3.63, 3.8) is 0 Å². The molecular weight excluding hydrogens is 126 g/mol. The first-order valence-corrected chi connectivity index (χ1v) is 4.20. The van der Waals surface area contributed by atoms with Crippen molar-refractivity contribution < 1.29 is 0 Å². The molecule has 0 bridgehead atoms.